The lowest BCUT2D eigenvalue weighted by Crippen LogP contribution is -2.54. The number of carbonyl (C=O) groups excluding carboxylic acids is 7. The zero-order valence-electron chi connectivity index (χ0n) is 49.9. The lowest BCUT2D eigenvalue weighted by Gasteiger charge is -2.25. The number of H-pyrrole nitrogens is 1. The number of nitrogens with one attached hydrogen (secondary N) is 7. The highest BCUT2D eigenvalue weighted by molar-refractivity contribution is 6.12. The van der Waals surface area contributed by atoms with Gasteiger partial charge in [-0.2, -0.15) is 0 Å². The average Bonchev–Trinajstić information content (AvgIpc) is 2.02. The van der Waals surface area contributed by atoms with Crippen molar-refractivity contribution in [1.29, 1.82) is 0 Å². The molecule has 484 valence electrons. The Morgan fingerprint density at radius 3 is 2.11 bits per heavy atom. The number of carboxylic acid groups (broad SMARTS) is 1. The number of primary amides is 1. The van der Waals surface area contributed by atoms with Crippen LogP contribution in [0.25, 0.3) is 33.8 Å². The Balaban J connectivity index is 0.821. The van der Waals surface area contributed by atoms with Crippen molar-refractivity contribution in [2.45, 2.75) is 64.8 Å². The van der Waals surface area contributed by atoms with Crippen molar-refractivity contribution in [3.63, 3.8) is 0 Å². The number of benzene rings is 2. The number of aromatic carboxylic acids is 1. The van der Waals surface area contributed by atoms with Gasteiger partial charge in [-0.25, -0.2) is 38.1 Å². The molecule has 91 heavy (non-hydrogen) atoms. The zero-order chi connectivity index (χ0) is 65.1. The van der Waals surface area contributed by atoms with E-state index >= 15 is 0 Å². The van der Waals surface area contributed by atoms with E-state index in [4.69, 9.17) is 39.1 Å². The molecular weight excluding hydrogens is 1190 g/mol. The molecule has 0 aliphatic carbocycles. The summed E-state index contributed by atoms with van der Waals surface area (Å²) in [5, 5.41) is 25.9. The molecule has 0 bridgehead atoms. The Morgan fingerprint density at radius 1 is 0.714 bits per heavy atom. The second-order valence-corrected chi connectivity index (χ2v) is 20.5. The second kappa shape index (κ2) is 35.2. The van der Waals surface area contributed by atoms with Gasteiger partial charge in [0.15, 0.2) is 0 Å². The molecule has 0 fully saturated rings. The van der Waals surface area contributed by atoms with Crippen molar-refractivity contribution in [3.05, 3.63) is 126 Å². The minimum absolute atomic E-state index is 0.0130. The summed E-state index contributed by atoms with van der Waals surface area (Å²) >= 11 is 0. The fraction of sp³-hybridized carbons (Fsp3) is 0.377. The maximum atomic E-state index is 13.8. The normalized spacial score (nSPS) is 12.7. The number of amides is 8. The number of imide groups is 1. The molecule has 6 aromatic rings. The lowest BCUT2D eigenvalue weighted by molar-refractivity contribution is -0.137. The van der Waals surface area contributed by atoms with E-state index in [1.54, 1.807) is 74.5 Å². The van der Waals surface area contributed by atoms with Crippen LogP contribution in [-0.2, 0) is 60.8 Å². The average molecular weight is 1260 g/mol. The van der Waals surface area contributed by atoms with Gasteiger partial charge in [-0.1, -0.05) is 38.1 Å². The number of carboxylic acids is 1. The lowest BCUT2D eigenvalue weighted by atomic mass is 10.0. The van der Waals surface area contributed by atoms with Crippen molar-refractivity contribution in [3.8, 4) is 28.5 Å². The zero-order valence-corrected chi connectivity index (χ0v) is 49.9. The molecule has 0 spiro atoms. The van der Waals surface area contributed by atoms with Gasteiger partial charge < -0.3 is 76.1 Å². The van der Waals surface area contributed by atoms with E-state index in [1.165, 1.54) is 42.6 Å². The molecule has 30 heteroatoms. The van der Waals surface area contributed by atoms with Crippen LogP contribution in [0.5, 0.6) is 5.75 Å². The highest BCUT2D eigenvalue weighted by atomic mass is 19.3. The van der Waals surface area contributed by atoms with E-state index in [1.807, 2.05) is 0 Å². The predicted molar refractivity (Wildman–Crippen MR) is 324 cm³/mol. The fourth-order valence-corrected chi connectivity index (χ4v) is 8.73. The summed E-state index contributed by atoms with van der Waals surface area (Å²) in [7, 11) is 0. The van der Waals surface area contributed by atoms with Gasteiger partial charge >= 0.3 is 18.1 Å². The van der Waals surface area contributed by atoms with Gasteiger partial charge in [0.05, 0.1) is 112 Å². The molecule has 0 radical (unpaired) electrons. The summed E-state index contributed by atoms with van der Waals surface area (Å²) in [6.45, 7) is 5.63. The van der Waals surface area contributed by atoms with Crippen LogP contribution < -0.4 is 42.4 Å². The van der Waals surface area contributed by atoms with E-state index in [-0.39, 0.29) is 133 Å². The Labute approximate surface area is 520 Å². The fourth-order valence-electron chi connectivity index (χ4n) is 8.73. The quantitative estimate of drug-likeness (QED) is 0.0181. The number of urea groups is 1. The summed E-state index contributed by atoms with van der Waals surface area (Å²) in [5.74, 6) is -3.13. The first-order valence-corrected chi connectivity index (χ1v) is 29.0. The number of nitrogens with zero attached hydrogens (tertiary/aromatic N) is 5. The highest BCUT2D eigenvalue weighted by Gasteiger charge is 2.29. The van der Waals surface area contributed by atoms with Crippen molar-refractivity contribution >= 4 is 70.0 Å². The van der Waals surface area contributed by atoms with Gasteiger partial charge in [-0.05, 0) is 78.9 Å². The van der Waals surface area contributed by atoms with Crippen LogP contribution in [-0.4, -0.2) is 174 Å². The smallest absolute Gasteiger partial charge is 0.407 e. The molecule has 10 N–H and O–H groups in total. The third-order valence-electron chi connectivity index (χ3n) is 13.4. The van der Waals surface area contributed by atoms with Crippen LogP contribution in [0.2, 0.25) is 0 Å². The number of halogens is 2. The van der Waals surface area contributed by atoms with Crippen LogP contribution in [0.15, 0.2) is 103 Å². The second-order valence-electron chi connectivity index (χ2n) is 20.5. The predicted octanol–water partition coefficient (Wildman–Crippen LogP) is 5.03. The molecule has 1 aliphatic heterocycles. The Bertz CT molecular complexity index is 3480. The summed E-state index contributed by atoms with van der Waals surface area (Å²) < 4.78 is 60.6. The van der Waals surface area contributed by atoms with E-state index in [0.29, 0.717) is 64.1 Å². The number of fused-ring (bicyclic) bond motifs is 1. The van der Waals surface area contributed by atoms with E-state index in [2.05, 4.69) is 51.8 Å². The van der Waals surface area contributed by atoms with Crippen molar-refractivity contribution in [2.24, 2.45) is 11.7 Å². The number of ether oxygens (including phenoxy) is 6. The number of hydrogen-bond donors (Lipinski definition) is 9. The van der Waals surface area contributed by atoms with E-state index < -0.39 is 60.0 Å². The molecule has 4 aromatic heterocycles. The number of rotatable bonds is 38. The summed E-state index contributed by atoms with van der Waals surface area (Å²) in [5.41, 5.74) is 8.41. The van der Waals surface area contributed by atoms with E-state index in [0.717, 1.165) is 4.90 Å². The number of pyridine rings is 3. The largest absolute Gasteiger partial charge is 0.490 e. The minimum Gasteiger partial charge on any atom is -0.490 e. The molecule has 2 atom stereocenters. The first-order chi connectivity index (χ1) is 43.9. The topological polar surface area (TPSA) is 381 Å². The molecule has 0 saturated heterocycles. The van der Waals surface area contributed by atoms with Crippen LogP contribution in [0, 0.1) is 5.92 Å². The van der Waals surface area contributed by atoms with Crippen LogP contribution >= 0.6 is 0 Å². The molecule has 2 unspecified atom stereocenters. The summed E-state index contributed by atoms with van der Waals surface area (Å²) in [6.07, 6.45) is 0.649. The number of carbonyl (C=O) groups is 8. The van der Waals surface area contributed by atoms with Gasteiger partial charge in [0, 0.05) is 42.6 Å². The van der Waals surface area contributed by atoms with E-state index in [9.17, 15) is 52.2 Å². The highest BCUT2D eigenvalue weighted by Crippen LogP contribution is 2.31. The van der Waals surface area contributed by atoms with Crippen molar-refractivity contribution < 1.29 is 80.7 Å². The van der Waals surface area contributed by atoms with Crippen LogP contribution in [0.3, 0.4) is 0 Å². The maximum Gasteiger partial charge on any atom is 0.407 e. The number of imidazole rings is 1. The molecule has 8 amide bonds. The summed E-state index contributed by atoms with van der Waals surface area (Å²) in [6, 6.07) is 19.0. The molecule has 5 heterocycles. The molecule has 28 nitrogen and oxygen atoms in total. The van der Waals surface area contributed by atoms with Crippen molar-refractivity contribution in [2.75, 3.05) is 89.7 Å². The molecule has 0 saturated carbocycles. The van der Waals surface area contributed by atoms with Crippen LogP contribution in [0.4, 0.5) is 29.7 Å². The van der Waals surface area contributed by atoms with Crippen LogP contribution in [0.1, 0.15) is 67.0 Å². The number of anilines is 2. The molecule has 2 aromatic carbocycles. The number of aromatic nitrogens is 5. The Hall–Kier alpha value is -10.0. The first-order valence-electron chi connectivity index (χ1n) is 29.0. The Morgan fingerprint density at radius 2 is 1.42 bits per heavy atom. The van der Waals surface area contributed by atoms with Gasteiger partial charge in [0.1, 0.15) is 48.3 Å². The third-order valence-corrected chi connectivity index (χ3v) is 13.4. The Kier molecular flexibility index (Phi) is 26.5. The maximum absolute atomic E-state index is 13.8. The monoisotopic (exact) mass is 1260 g/mol. The number of nitrogens with two attached hydrogens (primary N) is 1. The number of aromatic amines is 1. The number of alkyl halides is 2. The standard InChI is InChI=1S/C61H71F2N13O15/c1-37(2)53(75-50(77)19-23-86-26-28-88-30-31-89-29-27-87-25-22-76-51(78)17-18-52(76)79)58(81)72-47(10-5-20-65-60(64)84)57(80)69-40-13-11-38(12-14-40)36-91-61(85)66-21-24-90-42-33-48-43(68-34-42)15-16-45(71-48)55-54(44-8-4-9-46(70-44)56(62)63)73-49(74-55)35-67-41-7-3-6-39(32-41)59(82)83/h3-4,6-9,11-18,32-34,37,47,53,56,67H,5,10,19-31,35-36H2,1-2H3,(H,66,85)(H,69,80)(H,72,81)(H,73,74)(H,75,77)(H,82,83)(H3,64,65,84). The SMILES string of the molecule is CC(C)C(NC(=O)CCOCCOCCOCCOCCN1C(=O)C=CC1=O)C(=O)NC(CCCNC(N)=O)C(=O)Nc1ccc(COC(=O)NCCOc2cnc3ccc(-c4[nH]c(CNc5cccc(C(=O)O)c5)nc4-c4cccc(C(F)F)n4)nc3c2)cc1. The third kappa shape index (κ3) is 22.2. The van der Waals surface area contributed by atoms with Gasteiger partial charge in [0.2, 0.25) is 17.7 Å². The van der Waals surface area contributed by atoms with Gasteiger partial charge in [-0.15, -0.1) is 0 Å². The molecule has 1 aliphatic rings. The van der Waals surface area contributed by atoms with Gasteiger partial charge in [0.25, 0.3) is 18.2 Å². The van der Waals surface area contributed by atoms with Crippen molar-refractivity contribution in [1.82, 2.24) is 51.1 Å². The van der Waals surface area contributed by atoms with Gasteiger partial charge in [-0.3, -0.25) is 33.9 Å². The molecular formula is C61H71F2N13O15. The number of alkyl carbamates (subject to hydrolysis) is 1. The minimum atomic E-state index is -2.83. The first kappa shape index (κ1) is 68.5. The number of hydrogen-bond acceptors (Lipinski definition) is 19. The molecule has 7 rings (SSSR count). The summed E-state index contributed by atoms with van der Waals surface area (Å²) in [4.78, 5) is 121.